The lowest BCUT2D eigenvalue weighted by molar-refractivity contribution is 0.0519. The smallest absolute Gasteiger partial charge is 0.407 e. The Morgan fingerprint density at radius 1 is 1.38 bits per heavy atom. The molecular weight excluding hydrogens is 271 g/mol. The van der Waals surface area contributed by atoms with Gasteiger partial charge in [0.25, 0.3) is 0 Å². The van der Waals surface area contributed by atoms with Gasteiger partial charge >= 0.3 is 6.09 Å². The molecule has 0 fully saturated rings. The van der Waals surface area contributed by atoms with E-state index in [1.54, 1.807) is 12.1 Å². The van der Waals surface area contributed by atoms with E-state index in [4.69, 9.17) is 10.5 Å². The van der Waals surface area contributed by atoms with Crippen LogP contribution in [0.2, 0.25) is 0 Å². The Bertz CT molecular complexity index is 458. The summed E-state index contributed by atoms with van der Waals surface area (Å²) in [4.78, 5) is 11.6. The molecule has 0 radical (unpaired) electrons. The number of alkyl carbamates (subject to hydrolysis) is 1. The van der Waals surface area contributed by atoms with Crippen molar-refractivity contribution in [3.05, 3.63) is 35.6 Å². The predicted molar refractivity (Wildman–Crippen MR) is 81.5 cm³/mol. The van der Waals surface area contributed by atoms with Gasteiger partial charge in [-0.2, -0.15) is 0 Å². The van der Waals surface area contributed by atoms with Crippen LogP contribution >= 0.6 is 0 Å². The fraction of sp³-hybridized carbons (Fsp3) is 0.562. The molecule has 0 saturated heterocycles. The van der Waals surface area contributed by atoms with Crippen LogP contribution in [0.3, 0.4) is 0 Å². The molecule has 5 heteroatoms. The summed E-state index contributed by atoms with van der Waals surface area (Å²) in [6, 6.07) is 6.70. The van der Waals surface area contributed by atoms with Crippen molar-refractivity contribution in [2.24, 2.45) is 11.7 Å². The number of nitrogens with two attached hydrogens (primary N) is 1. The summed E-state index contributed by atoms with van der Waals surface area (Å²) < 4.78 is 18.7. The summed E-state index contributed by atoms with van der Waals surface area (Å²) in [5, 5.41) is 2.71. The Labute approximate surface area is 125 Å². The number of amides is 1. The molecule has 118 valence electrons. The second-order valence-corrected chi connectivity index (χ2v) is 6.11. The van der Waals surface area contributed by atoms with E-state index in [9.17, 15) is 9.18 Å². The van der Waals surface area contributed by atoms with Crippen molar-refractivity contribution in [3.8, 4) is 0 Å². The lowest BCUT2D eigenvalue weighted by Gasteiger charge is -2.21. The molecule has 0 aliphatic rings. The van der Waals surface area contributed by atoms with E-state index in [1.165, 1.54) is 6.07 Å². The summed E-state index contributed by atoms with van der Waals surface area (Å²) in [6.07, 6.45) is 0.865. The number of nitrogens with one attached hydrogen (secondary N) is 1. The SMILES string of the molecule is CC(C)(C)OC(=O)NCC(CN)CCc1ccccc1F. The predicted octanol–water partition coefficient (Wildman–Crippen LogP) is 2.86. The number of hydrogen-bond acceptors (Lipinski definition) is 3. The normalized spacial score (nSPS) is 12.8. The number of ether oxygens (including phenoxy) is 1. The van der Waals surface area contributed by atoms with Crippen molar-refractivity contribution in [2.75, 3.05) is 13.1 Å². The van der Waals surface area contributed by atoms with Crippen LogP contribution in [-0.4, -0.2) is 24.8 Å². The highest BCUT2D eigenvalue weighted by atomic mass is 19.1. The fourth-order valence-electron chi connectivity index (χ4n) is 1.91. The number of hydrogen-bond donors (Lipinski definition) is 2. The Balaban J connectivity index is 2.39. The van der Waals surface area contributed by atoms with Gasteiger partial charge in [0, 0.05) is 6.54 Å². The van der Waals surface area contributed by atoms with Crippen molar-refractivity contribution in [1.82, 2.24) is 5.32 Å². The Morgan fingerprint density at radius 3 is 2.62 bits per heavy atom. The maximum absolute atomic E-state index is 13.5. The van der Waals surface area contributed by atoms with Crippen molar-refractivity contribution < 1.29 is 13.9 Å². The zero-order valence-corrected chi connectivity index (χ0v) is 13.0. The molecule has 0 aliphatic carbocycles. The molecule has 0 aliphatic heterocycles. The van der Waals surface area contributed by atoms with Crippen LogP contribution < -0.4 is 11.1 Å². The van der Waals surface area contributed by atoms with Crippen LogP contribution in [-0.2, 0) is 11.2 Å². The zero-order valence-electron chi connectivity index (χ0n) is 13.0. The van der Waals surface area contributed by atoms with Gasteiger partial charge in [0.2, 0.25) is 0 Å². The fourth-order valence-corrected chi connectivity index (χ4v) is 1.91. The number of halogens is 1. The Morgan fingerprint density at radius 2 is 2.05 bits per heavy atom. The lowest BCUT2D eigenvalue weighted by Crippen LogP contribution is -2.37. The van der Waals surface area contributed by atoms with E-state index in [0.717, 1.165) is 0 Å². The van der Waals surface area contributed by atoms with Gasteiger partial charge in [-0.15, -0.1) is 0 Å². The van der Waals surface area contributed by atoms with Crippen LogP contribution in [0, 0.1) is 11.7 Å². The standard InChI is InChI=1S/C16H25FN2O2/c1-16(2,3)21-15(20)19-11-12(10-18)8-9-13-6-4-5-7-14(13)17/h4-7,12H,8-11,18H2,1-3H3,(H,19,20). The van der Waals surface area contributed by atoms with Gasteiger partial charge in [-0.25, -0.2) is 9.18 Å². The summed E-state index contributed by atoms with van der Waals surface area (Å²) >= 11 is 0. The van der Waals surface area contributed by atoms with Crippen molar-refractivity contribution in [3.63, 3.8) is 0 Å². The molecule has 0 aromatic heterocycles. The second kappa shape index (κ2) is 7.98. The van der Waals surface area contributed by atoms with Crippen LogP contribution in [0.5, 0.6) is 0 Å². The monoisotopic (exact) mass is 296 g/mol. The molecular formula is C16H25FN2O2. The third kappa shape index (κ3) is 7.09. The van der Waals surface area contributed by atoms with Crippen LogP contribution in [0.1, 0.15) is 32.8 Å². The summed E-state index contributed by atoms with van der Waals surface area (Å²) in [7, 11) is 0. The maximum Gasteiger partial charge on any atom is 0.407 e. The van der Waals surface area contributed by atoms with Gasteiger partial charge in [0.05, 0.1) is 0 Å². The van der Waals surface area contributed by atoms with Crippen LogP contribution in [0.15, 0.2) is 24.3 Å². The molecule has 1 atom stereocenters. The van der Waals surface area contributed by atoms with E-state index >= 15 is 0 Å². The van der Waals surface area contributed by atoms with Gasteiger partial charge in [-0.1, -0.05) is 18.2 Å². The molecule has 1 unspecified atom stereocenters. The van der Waals surface area contributed by atoms with Crippen LogP contribution in [0.4, 0.5) is 9.18 Å². The molecule has 1 aromatic carbocycles. The summed E-state index contributed by atoms with van der Waals surface area (Å²) in [6.45, 7) is 6.30. The van der Waals surface area contributed by atoms with E-state index in [2.05, 4.69) is 5.32 Å². The van der Waals surface area contributed by atoms with Crippen molar-refractivity contribution in [1.29, 1.82) is 0 Å². The number of rotatable bonds is 6. The van der Waals surface area contributed by atoms with Gasteiger partial charge in [-0.3, -0.25) is 0 Å². The zero-order chi connectivity index (χ0) is 15.9. The molecule has 3 N–H and O–H groups in total. The van der Waals surface area contributed by atoms with E-state index in [-0.39, 0.29) is 11.7 Å². The maximum atomic E-state index is 13.5. The third-order valence-corrected chi connectivity index (χ3v) is 3.05. The van der Waals surface area contributed by atoms with E-state index in [1.807, 2.05) is 26.8 Å². The molecule has 1 amide bonds. The number of carbonyl (C=O) groups excluding carboxylic acids is 1. The van der Waals surface area contributed by atoms with Crippen LogP contribution in [0.25, 0.3) is 0 Å². The third-order valence-electron chi connectivity index (χ3n) is 3.05. The molecule has 0 bridgehead atoms. The number of aryl methyl sites for hydroxylation is 1. The second-order valence-electron chi connectivity index (χ2n) is 6.11. The van der Waals surface area contributed by atoms with E-state index < -0.39 is 11.7 Å². The van der Waals surface area contributed by atoms with Crippen molar-refractivity contribution >= 4 is 6.09 Å². The Kier molecular flexibility index (Phi) is 6.62. The first kappa shape index (κ1) is 17.4. The first-order chi connectivity index (χ1) is 9.81. The average molecular weight is 296 g/mol. The largest absolute Gasteiger partial charge is 0.444 e. The van der Waals surface area contributed by atoms with E-state index in [0.29, 0.717) is 31.5 Å². The molecule has 0 saturated carbocycles. The molecule has 4 nitrogen and oxygen atoms in total. The minimum atomic E-state index is -0.518. The molecule has 1 aromatic rings. The first-order valence-electron chi connectivity index (χ1n) is 7.22. The highest BCUT2D eigenvalue weighted by Crippen LogP contribution is 2.13. The van der Waals surface area contributed by atoms with Gasteiger partial charge in [0.15, 0.2) is 0 Å². The Hall–Kier alpha value is -1.62. The van der Waals surface area contributed by atoms with Gasteiger partial charge < -0.3 is 15.8 Å². The summed E-state index contributed by atoms with van der Waals surface area (Å²) in [5.41, 5.74) is 5.86. The number of carbonyl (C=O) groups is 1. The topological polar surface area (TPSA) is 64.3 Å². The average Bonchev–Trinajstić information content (AvgIpc) is 2.38. The van der Waals surface area contributed by atoms with Gasteiger partial charge in [0.1, 0.15) is 11.4 Å². The first-order valence-corrected chi connectivity index (χ1v) is 7.22. The lowest BCUT2D eigenvalue weighted by atomic mass is 9.99. The molecule has 0 spiro atoms. The minimum absolute atomic E-state index is 0.0946. The van der Waals surface area contributed by atoms with Crippen molar-refractivity contribution in [2.45, 2.75) is 39.2 Å². The molecule has 21 heavy (non-hydrogen) atoms. The van der Waals surface area contributed by atoms with Gasteiger partial charge in [-0.05, 0) is 57.7 Å². The summed E-state index contributed by atoms with van der Waals surface area (Å²) in [5.74, 6) is -0.106. The molecule has 0 heterocycles. The highest BCUT2D eigenvalue weighted by molar-refractivity contribution is 5.67. The minimum Gasteiger partial charge on any atom is -0.444 e. The molecule has 1 rings (SSSR count). The number of benzene rings is 1. The highest BCUT2D eigenvalue weighted by Gasteiger charge is 2.17. The quantitative estimate of drug-likeness (QED) is 0.848.